The Kier molecular flexibility index (Phi) is 4.71. The number of anilines is 1. The first-order valence-corrected chi connectivity index (χ1v) is 7.96. The van der Waals surface area contributed by atoms with E-state index in [-0.39, 0.29) is 24.3 Å². The standard InChI is InChI=1S/C18H17ClN2O3/c1-24-14-6-4-5-13(10-14)21-11-12(9-17(21)22)20-18(23)15-7-2-3-8-16(15)19/h2-8,10,12H,9,11H2,1H3,(H,20,23). The number of methoxy groups -OCH3 is 1. The minimum absolute atomic E-state index is 0.0345. The third kappa shape index (κ3) is 3.36. The van der Waals surface area contributed by atoms with Crippen LogP contribution in [0, 0.1) is 0 Å². The van der Waals surface area contributed by atoms with Crippen molar-refractivity contribution >= 4 is 29.1 Å². The van der Waals surface area contributed by atoms with Gasteiger partial charge in [-0.25, -0.2) is 0 Å². The average molecular weight is 345 g/mol. The van der Waals surface area contributed by atoms with E-state index in [2.05, 4.69) is 5.32 Å². The number of benzene rings is 2. The van der Waals surface area contributed by atoms with E-state index in [4.69, 9.17) is 16.3 Å². The minimum Gasteiger partial charge on any atom is -0.497 e. The lowest BCUT2D eigenvalue weighted by atomic mass is 10.2. The van der Waals surface area contributed by atoms with Gasteiger partial charge < -0.3 is 15.0 Å². The van der Waals surface area contributed by atoms with Crippen LogP contribution in [0.15, 0.2) is 48.5 Å². The molecule has 1 aliphatic rings. The van der Waals surface area contributed by atoms with Gasteiger partial charge in [0.1, 0.15) is 5.75 Å². The molecule has 1 fully saturated rings. The Bertz CT molecular complexity index is 778. The molecule has 3 rings (SSSR count). The lowest BCUT2D eigenvalue weighted by molar-refractivity contribution is -0.117. The van der Waals surface area contributed by atoms with E-state index >= 15 is 0 Å². The highest BCUT2D eigenvalue weighted by molar-refractivity contribution is 6.33. The maximum atomic E-state index is 12.3. The van der Waals surface area contributed by atoms with Gasteiger partial charge >= 0.3 is 0 Å². The summed E-state index contributed by atoms with van der Waals surface area (Å²) in [5.74, 6) is 0.377. The van der Waals surface area contributed by atoms with Gasteiger partial charge in [0.2, 0.25) is 5.91 Å². The van der Waals surface area contributed by atoms with E-state index in [0.717, 1.165) is 5.69 Å². The molecule has 124 valence electrons. The molecular formula is C18H17ClN2O3. The van der Waals surface area contributed by atoms with Gasteiger partial charge in [-0.05, 0) is 24.3 Å². The molecule has 1 unspecified atom stereocenters. The maximum Gasteiger partial charge on any atom is 0.253 e. The van der Waals surface area contributed by atoms with Crippen molar-refractivity contribution in [1.29, 1.82) is 0 Å². The van der Waals surface area contributed by atoms with Gasteiger partial charge in [-0.1, -0.05) is 29.8 Å². The average Bonchev–Trinajstić information content (AvgIpc) is 2.95. The van der Waals surface area contributed by atoms with Crippen LogP contribution in [0.4, 0.5) is 5.69 Å². The van der Waals surface area contributed by atoms with Crippen molar-refractivity contribution < 1.29 is 14.3 Å². The molecule has 0 aromatic heterocycles. The molecule has 1 saturated heterocycles. The third-order valence-corrected chi connectivity index (χ3v) is 4.27. The Morgan fingerprint density at radius 3 is 2.79 bits per heavy atom. The number of amides is 2. The van der Waals surface area contributed by atoms with E-state index in [0.29, 0.717) is 22.9 Å². The maximum absolute atomic E-state index is 12.3. The second kappa shape index (κ2) is 6.93. The van der Waals surface area contributed by atoms with Gasteiger partial charge in [-0.3, -0.25) is 9.59 Å². The van der Waals surface area contributed by atoms with E-state index in [1.165, 1.54) is 0 Å². The molecule has 6 heteroatoms. The van der Waals surface area contributed by atoms with Crippen LogP contribution in [0.1, 0.15) is 16.8 Å². The molecule has 2 amide bonds. The highest BCUT2D eigenvalue weighted by Crippen LogP contribution is 2.25. The zero-order chi connectivity index (χ0) is 17.1. The molecule has 2 aromatic rings. The van der Waals surface area contributed by atoms with Crippen molar-refractivity contribution in [3.8, 4) is 5.75 Å². The SMILES string of the molecule is COc1cccc(N2CC(NC(=O)c3ccccc3Cl)CC2=O)c1. The summed E-state index contributed by atoms with van der Waals surface area (Å²) in [7, 11) is 1.58. The number of carbonyl (C=O) groups is 2. The topological polar surface area (TPSA) is 58.6 Å². The van der Waals surface area contributed by atoms with Crippen LogP contribution in [0.25, 0.3) is 0 Å². The number of hydrogen-bond acceptors (Lipinski definition) is 3. The first kappa shape index (κ1) is 16.3. The zero-order valence-electron chi connectivity index (χ0n) is 13.2. The highest BCUT2D eigenvalue weighted by atomic mass is 35.5. The minimum atomic E-state index is -0.272. The number of halogens is 1. The Labute approximate surface area is 145 Å². The largest absolute Gasteiger partial charge is 0.497 e. The smallest absolute Gasteiger partial charge is 0.253 e. The molecule has 0 spiro atoms. The molecule has 1 atom stereocenters. The van der Waals surface area contributed by atoms with Gasteiger partial charge in [0, 0.05) is 24.7 Å². The third-order valence-electron chi connectivity index (χ3n) is 3.94. The first-order valence-electron chi connectivity index (χ1n) is 7.58. The van der Waals surface area contributed by atoms with Crippen molar-refractivity contribution in [2.75, 3.05) is 18.6 Å². The lowest BCUT2D eigenvalue weighted by Crippen LogP contribution is -2.37. The van der Waals surface area contributed by atoms with E-state index < -0.39 is 0 Å². The fraction of sp³-hybridized carbons (Fsp3) is 0.222. The van der Waals surface area contributed by atoms with Crippen molar-refractivity contribution in [3.63, 3.8) is 0 Å². The van der Waals surface area contributed by atoms with Gasteiger partial charge in [0.05, 0.1) is 23.7 Å². The predicted molar refractivity (Wildman–Crippen MR) is 92.7 cm³/mol. The number of hydrogen-bond donors (Lipinski definition) is 1. The summed E-state index contributed by atoms with van der Waals surface area (Å²) in [6.45, 7) is 0.419. The second-order valence-electron chi connectivity index (χ2n) is 5.56. The van der Waals surface area contributed by atoms with Gasteiger partial charge in [0.15, 0.2) is 0 Å². The Morgan fingerprint density at radius 1 is 1.25 bits per heavy atom. The summed E-state index contributed by atoms with van der Waals surface area (Å²) in [5, 5.41) is 3.27. The Balaban J connectivity index is 1.71. The first-order chi connectivity index (χ1) is 11.6. The van der Waals surface area contributed by atoms with Gasteiger partial charge in [-0.2, -0.15) is 0 Å². The Morgan fingerprint density at radius 2 is 2.04 bits per heavy atom. The summed E-state index contributed by atoms with van der Waals surface area (Å²) in [5.41, 5.74) is 1.17. The fourth-order valence-corrected chi connectivity index (χ4v) is 2.96. The lowest BCUT2D eigenvalue weighted by Gasteiger charge is -2.18. The van der Waals surface area contributed by atoms with Crippen molar-refractivity contribution in [2.24, 2.45) is 0 Å². The van der Waals surface area contributed by atoms with Crippen molar-refractivity contribution in [2.45, 2.75) is 12.5 Å². The number of ether oxygens (including phenoxy) is 1. The number of carbonyl (C=O) groups excluding carboxylic acids is 2. The van der Waals surface area contributed by atoms with Crippen LogP contribution in [-0.4, -0.2) is 31.5 Å². The van der Waals surface area contributed by atoms with Crippen LogP contribution in [-0.2, 0) is 4.79 Å². The highest BCUT2D eigenvalue weighted by Gasteiger charge is 2.32. The molecule has 1 N–H and O–H groups in total. The normalized spacial score (nSPS) is 17.0. The quantitative estimate of drug-likeness (QED) is 0.927. The molecule has 5 nitrogen and oxygen atoms in total. The van der Waals surface area contributed by atoms with Crippen LogP contribution in [0.3, 0.4) is 0 Å². The van der Waals surface area contributed by atoms with Crippen LogP contribution in [0.2, 0.25) is 5.02 Å². The molecular weight excluding hydrogens is 328 g/mol. The molecule has 0 aliphatic carbocycles. The van der Waals surface area contributed by atoms with Crippen LogP contribution < -0.4 is 15.0 Å². The predicted octanol–water partition coefficient (Wildman–Crippen LogP) is 2.88. The number of nitrogens with one attached hydrogen (secondary N) is 1. The fourth-order valence-electron chi connectivity index (χ4n) is 2.74. The Hall–Kier alpha value is -2.53. The molecule has 1 aliphatic heterocycles. The van der Waals surface area contributed by atoms with Gasteiger partial charge in [-0.15, -0.1) is 0 Å². The van der Waals surface area contributed by atoms with Crippen molar-refractivity contribution in [1.82, 2.24) is 5.32 Å². The summed E-state index contributed by atoms with van der Waals surface area (Å²) in [4.78, 5) is 26.3. The van der Waals surface area contributed by atoms with Gasteiger partial charge in [0.25, 0.3) is 5.91 Å². The monoisotopic (exact) mass is 344 g/mol. The van der Waals surface area contributed by atoms with E-state index in [9.17, 15) is 9.59 Å². The molecule has 2 aromatic carbocycles. The van der Waals surface area contributed by atoms with E-state index in [1.54, 1.807) is 42.3 Å². The summed E-state index contributed by atoms with van der Waals surface area (Å²) < 4.78 is 5.19. The molecule has 1 heterocycles. The second-order valence-corrected chi connectivity index (χ2v) is 5.97. The van der Waals surface area contributed by atoms with E-state index in [1.807, 2.05) is 18.2 Å². The number of rotatable bonds is 4. The summed E-state index contributed by atoms with van der Waals surface area (Å²) in [6.07, 6.45) is 0.257. The molecule has 0 bridgehead atoms. The van der Waals surface area contributed by atoms with Crippen LogP contribution in [0.5, 0.6) is 5.75 Å². The number of nitrogens with zero attached hydrogens (tertiary/aromatic N) is 1. The van der Waals surface area contributed by atoms with Crippen LogP contribution >= 0.6 is 11.6 Å². The summed E-state index contributed by atoms with van der Waals surface area (Å²) >= 11 is 6.04. The van der Waals surface area contributed by atoms with Crippen molar-refractivity contribution in [3.05, 3.63) is 59.1 Å². The molecule has 0 radical (unpaired) electrons. The summed E-state index contributed by atoms with van der Waals surface area (Å²) in [6, 6.07) is 13.9. The molecule has 24 heavy (non-hydrogen) atoms. The molecule has 0 saturated carbocycles. The zero-order valence-corrected chi connectivity index (χ0v) is 13.9.